The maximum atomic E-state index is 12.7. The lowest BCUT2D eigenvalue weighted by molar-refractivity contribution is -0.121. The average Bonchev–Trinajstić information content (AvgIpc) is 3.53. The Bertz CT molecular complexity index is 1370. The minimum atomic E-state index is -0.0448. The van der Waals surface area contributed by atoms with E-state index in [2.05, 4.69) is 31.6 Å². The number of nitrogens with zero attached hydrogens (tertiary/aromatic N) is 4. The van der Waals surface area contributed by atoms with Gasteiger partial charge in [-0.2, -0.15) is 0 Å². The normalized spacial score (nSPS) is 18.6. The molecule has 2 aliphatic rings. The number of ether oxygens (including phenoxy) is 2. The summed E-state index contributed by atoms with van der Waals surface area (Å²) in [6.07, 6.45) is 4.15. The summed E-state index contributed by atoms with van der Waals surface area (Å²) in [5.74, 6) is 0.917. The van der Waals surface area contributed by atoms with Gasteiger partial charge < -0.3 is 19.8 Å². The van der Waals surface area contributed by atoms with Gasteiger partial charge in [0.1, 0.15) is 17.5 Å². The smallest absolute Gasteiger partial charge is 0.224 e. The molecule has 192 valence electrons. The number of carbonyl (C=O) groups is 1. The lowest BCUT2D eigenvalue weighted by Gasteiger charge is -2.32. The summed E-state index contributed by atoms with van der Waals surface area (Å²) >= 11 is 0. The number of nitrogens with one attached hydrogen (secondary N) is 2. The van der Waals surface area contributed by atoms with Crippen LogP contribution in [0.4, 0.5) is 0 Å². The summed E-state index contributed by atoms with van der Waals surface area (Å²) in [5.41, 5.74) is 5.25. The highest BCUT2D eigenvalue weighted by Gasteiger charge is 2.27. The van der Waals surface area contributed by atoms with Gasteiger partial charge in [0.2, 0.25) is 5.91 Å². The Kier molecular flexibility index (Phi) is 6.63. The third kappa shape index (κ3) is 5.10. The van der Waals surface area contributed by atoms with Gasteiger partial charge in [0, 0.05) is 42.8 Å². The van der Waals surface area contributed by atoms with Gasteiger partial charge in [-0.3, -0.25) is 9.69 Å². The van der Waals surface area contributed by atoms with Crippen LogP contribution in [0.3, 0.4) is 0 Å². The first kappa shape index (κ1) is 23.7. The Labute approximate surface area is 215 Å². The average molecular weight is 501 g/mol. The van der Waals surface area contributed by atoms with Crippen molar-refractivity contribution in [3.8, 4) is 5.75 Å². The van der Waals surface area contributed by atoms with Gasteiger partial charge in [-0.05, 0) is 42.2 Å². The van der Waals surface area contributed by atoms with Gasteiger partial charge in [-0.15, -0.1) is 5.10 Å². The van der Waals surface area contributed by atoms with Crippen molar-refractivity contribution in [3.05, 3.63) is 77.2 Å². The molecule has 2 aromatic carbocycles. The summed E-state index contributed by atoms with van der Waals surface area (Å²) in [6, 6.07) is 16.3. The molecule has 0 bridgehead atoms. The number of para-hydroxylation sites is 1. The number of likely N-dealkylation sites (tertiary alicyclic amines) is 1. The number of hydrogen-bond acceptors (Lipinski definition) is 6. The van der Waals surface area contributed by atoms with Crippen molar-refractivity contribution in [2.24, 2.45) is 0 Å². The van der Waals surface area contributed by atoms with Gasteiger partial charge in [0.15, 0.2) is 0 Å². The molecule has 2 aliphatic heterocycles. The van der Waals surface area contributed by atoms with E-state index in [1.54, 1.807) is 7.11 Å². The topological polar surface area (TPSA) is 97.3 Å². The number of aromatic amines is 1. The number of amides is 1. The second-order valence-electron chi connectivity index (χ2n) is 9.89. The van der Waals surface area contributed by atoms with Crippen LogP contribution in [0.2, 0.25) is 0 Å². The van der Waals surface area contributed by atoms with E-state index in [1.165, 1.54) is 0 Å². The van der Waals surface area contributed by atoms with E-state index in [0.717, 1.165) is 71.6 Å². The van der Waals surface area contributed by atoms with E-state index >= 15 is 0 Å². The Hall–Kier alpha value is -3.69. The molecule has 4 aromatic rings. The largest absolute Gasteiger partial charge is 0.497 e. The fraction of sp³-hybridized carbons (Fsp3) is 0.393. The number of fused-ring (bicyclic) bond motifs is 2. The highest BCUT2D eigenvalue weighted by Crippen LogP contribution is 2.29. The lowest BCUT2D eigenvalue weighted by atomic mass is 10.0. The third-order valence-electron chi connectivity index (χ3n) is 7.52. The quantitative estimate of drug-likeness (QED) is 0.404. The SMILES string of the molecule is COc1ccc([C@H]2Cn3nnc(CN4CCC(NC(=O)Cc5c[nH]c6ccccc56)CC4)c3CO2)cc1. The van der Waals surface area contributed by atoms with Gasteiger partial charge in [0.05, 0.1) is 32.4 Å². The zero-order valence-electron chi connectivity index (χ0n) is 21.0. The van der Waals surface area contributed by atoms with Crippen molar-refractivity contribution in [2.75, 3.05) is 20.2 Å². The van der Waals surface area contributed by atoms with E-state index < -0.39 is 0 Å². The number of aromatic nitrogens is 4. The molecule has 9 heteroatoms. The standard InChI is InChI=1S/C28H32N6O3/c1-36-22-8-6-19(7-9-22)27-17-34-26(18-37-27)25(31-32-34)16-33-12-10-21(11-13-33)30-28(35)14-20-15-29-24-5-3-2-4-23(20)24/h2-9,15,21,27,29H,10-14,16-18H2,1H3,(H,30,35)/t27-/m1/s1. The van der Waals surface area contributed by atoms with Gasteiger partial charge in [-0.1, -0.05) is 35.5 Å². The zero-order valence-corrected chi connectivity index (χ0v) is 21.0. The molecule has 1 amide bonds. The first-order chi connectivity index (χ1) is 18.2. The van der Waals surface area contributed by atoms with E-state index in [1.807, 2.05) is 53.3 Å². The van der Waals surface area contributed by atoms with Crippen LogP contribution in [-0.2, 0) is 35.6 Å². The molecule has 1 fully saturated rings. The molecule has 0 saturated carbocycles. The summed E-state index contributed by atoms with van der Waals surface area (Å²) in [5, 5.41) is 13.3. The molecule has 37 heavy (non-hydrogen) atoms. The fourth-order valence-electron chi connectivity index (χ4n) is 5.38. The molecule has 1 saturated heterocycles. The molecule has 2 N–H and O–H groups in total. The molecule has 0 aliphatic carbocycles. The Balaban J connectivity index is 0.994. The van der Waals surface area contributed by atoms with E-state index in [0.29, 0.717) is 19.6 Å². The molecule has 2 aromatic heterocycles. The molecule has 0 spiro atoms. The predicted molar refractivity (Wildman–Crippen MR) is 139 cm³/mol. The monoisotopic (exact) mass is 500 g/mol. The zero-order chi connectivity index (χ0) is 25.2. The van der Waals surface area contributed by atoms with Crippen LogP contribution in [0.15, 0.2) is 54.7 Å². The molecule has 1 atom stereocenters. The third-order valence-corrected chi connectivity index (χ3v) is 7.52. The predicted octanol–water partition coefficient (Wildman–Crippen LogP) is 3.36. The van der Waals surface area contributed by atoms with E-state index in [-0.39, 0.29) is 18.1 Å². The second kappa shape index (κ2) is 10.4. The van der Waals surface area contributed by atoms with Gasteiger partial charge in [-0.25, -0.2) is 4.68 Å². The van der Waals surface area contributed by atoms with E-state index in [4.69, 9.17) is 9.47 Å². The van der Waals surface area contributed by atoms with Crippen molar-refractivity contribution < 1.29 is 14.3 Å². The van der Waals surface area contributed by atoms with Crippen LogP contribution >= 0.6 is 0 Å². The molecular weight excluding hydrogens is 468 g/mol. The van der Waals surface area contributed by atoms with Crippen molar-refractivity contribution in [2.45, 2.75) is 51.1 Å². The number of hydrogen-bond donors (Lipinski definition) is 2. The van der Waals surface area contributed by atoms with Crippen LogP contribution in [0.25, 0.3) is 10.9 Å². The number of carbonyl (C=O) groups excluding carboxylic acids is 1. The molecule has 0 unspecified atom stereocenters. The molecule has 6 rings (SSSR count). The Morgan fingerprint density at radius 1 is 1.16 bits per heavy atom. The van der Waals surface area contributed by atoms with Crippen LogP contribution in [0.5, 0.6) is 5.75 Å². The summed E-state index contributed by atoms with van der Waals surface area (Å²) < 4.78 is 13.4. The molecule has 4 heterocycles. The van der Waals surface area contributed by atoms with Crippen LogP contribution < -0.4 is 10.1 Å². The van der Waals surface area contributed by atoms with Gasteiger partial charge >= 0.3 is 0 Å². The van der Waals surface area contributed by atoms with Crippen LogP contribution in [-0.4, -0.2) is 57.0 Å². The fourth-order valence-corrected chi connectivity index (χ4v) is 5.38. The van der Waals surface area contributed by atoms with E-state index in [9.17, 15) is 4.79 Å². The summed E-state index contributed by atoms with van der Waals surface area (Å²) in [4.78, 5) is 18.3. The number of piperidine rings is 1. The summed E-state index contributed by atoms with van der Waals surface area (Å²) in [6.45, 7) is 3.74. The number of H-pyrrole nitrogens is 1. The van der Waals surface area contributed by atoms with Crippen molar-refractivity contribution in [1.82, 2.24) is 30.2 Å². The number of benzene rings is 2. The minimum absolute atomic E-state index is 0.0448. The van der Waals surface area contributed by atoms with Crippen molar-refractivity contribution in [3.63, 3.8) is 0 Å². The molecule has 9 nitrogen and oxygen atoms in total. The van der Waals surface area contributed by atoms with Crippen molar-refractivity contribution in [1.29, 1.82) is 0 Å². The maximum Gasteiger partial charge on any atom is 0.224 e. The molecule has 0 radical (unpaired) electrons. The summed E-state index contributed by atoms with van der Waals surface area (Å²) in [7, 11) is 1.67. The highest BCUT2D eigenvalue weighted by molar-refractivity contribution is 5.88. The van der Waals surface area contributed by atoms with Crippen molar-refractivity contribution >= 4 is 16.8 Å². The minimum Gasteiger partial charge on any atom is -0.497 e. The van der Waals surface area contributed by atoms with Gasteiger partial charge in [0.25, 0.3) is 0 Å². The first-order valence-electron chi connectivity index (χ1n) is 12.9. The highest BCUT2D eigenvalue weighted by atomic mass is 16.5. The second-order valence-corrected chi connectivity index (χ2v) is 9.89. The lowest BCUT2D eigenvalue weighted by Crippen LogP contribution is -2.44. The maximum absolute atomic E-state index is 12.7. The first-order valence-corrected chi connectivity index (χ1v) is 12.9. The van der Waals surface area contributed by atoms with Crippen LogP contribution in [0, 0.1) is 0 Å². The Morgan fingerprint density at radius 2 is 1.97 bits per heavy atom. The molecular formula is C28H32N6O3. The number of rotatable bonds is 7. The van der Waals surface area contributed by atoms with Crippen LogP contribution in [0.1, 0.15) is 41.5 Å². The number of methoxy groups -OCH3 is 1. The Morgan fingerprint density at radius 3 is 2.78 bits per heavy atom.